The molecule has 1 aliphatic rings. The fourth-order valence-corrected chi connectivity index (χ4v) is 3.96. The Labute approximate surface area is 170 Å². The van der Waals surface area contributed by atoms with E-state index in [1.165, 1.54) is 10.6 Å². The molecule has 1 fully saturated rings. The molecule has 0 spiro atoms. The average Bonchev–Trinajstić information content (AvgIpc) is 3.24. The van der Waals surface area contributed by atoms with Gasteiger partial charge >= 0.3 is 0 Å². The van der Waals surface area contributed by atoms with Crippen LogP contribution in [0.2, 0.25) is 10.0 Å². The molecule has 0 aliphatic carbocycles. The Morgan fingerprint density at radius 1 is 1.25 bits per heavy atom. The van der Waals surface area contributed by atoms with E-state index in [-0.39, 0.29) is 17.4 Å². The summed E-state index contributed by atoms with van der Waals surface area (Å²) in [6.07, 6.45) is 0.340. The van der Waals surface area contributed by atoms with Crippen molar-refractivity contribution in [3.63, 3.8) is 0 Å². The topological polar surface area (TPSA) is 79.7 Å². The van der Waals surface area contributed by atoms with Gasteiger partial charge in [-0.2, -0.15) is 0 Å². The number of H-pyrrole nitrogens is 1. The summed E-state index contributed by atoms with van der Waals surface area (Å²) in [5, 5.41) is 4.03. The second-order valence-electron chi connectivity index (χ2n) is 6.74. The number of fused-ring (bicyclic) bond motifs is 1. The third-order valence-electron chi connectivity index (χ3n) is 4.89. The predicted molar refractivity (Wildman–Crippen MR) is 107 cm³/mol. The molecular formula is C19H18Cl2N4O3. The van der Waals surface area contributed by atoms with Crippen molar-refractivity contribution >= 4 is 34.8 Å². The second-order valence-corrected chi connectivity index (χ2v) is 7.58. The number of nitrogens with zero attached hydrogens (tertiary/aromatic N) is 3. The Balaban J connectivity index is 1.67. The van der Waals surface area contributed by atoms with Gasteiger partial charge in [0.15, 0.2) is 5.65 Å². The molecule has 1 atom stereocenters. The van der Waals surface area contributed by atoms with Gasteiger partial charge in [-0.1, -0.05) is 23.2 Å². The van der Waals surface area contributed by atoms with Gasteiger partial charge in [-0.15, -0.1) is 0 Å². The number of ether oxygens (including phenoxy) is 1. The first kappa shape index (κ1) is 19.0. The zero-order valence-electron chi connectivity index (χ0n) is 15.1. The SMILES string of the molecule is COCCN1CC(c2cc(=O)n3[nH]c(-c4ccc(Cl)cc4Cl)cc3n2)CC1=O. The molecule has 0 saturated carbocycles. The average molecular weight is 421 g/mol. The largest absolute Gasteiger partial charge is 0.383 e. The fraction of sp³-hybridized carbons (Fsp3) is 0.316. The highest BCUT2D eigenvalue weighted by Crippen LogP contribution is 2.30. The highest BCUT2D eigenvalue weighted by atomic mass is 35.5. The molecule has 146 valence electrons. The molecular weight excluding hydrogens is 403 g/mol. The Morgan fingerprint density at radius 2 is 2.07 bits per heavy atom. The lowest BCUT2D eigenvalue weighted by atomic mass is 10.0. The Morgan fingerprint density at radius 3 is 2.82 bits per heavy atom. The van der Waals surface area contributed by atoms with Gasteiger partial charge in [0.2, 0.25) is 5.91 Å². The Kier molecular flexibility index (Phi) is 5.14. The molecule has 3 aromatic rings. The van der Waals surface area contributed by atoms with Crippen molar-refractivity contribution in [1.29, 1.82) is 0 Å². The van der Waals surface area contributed by atoms with Gasteiger partial charge in [-0.25, -0.2) is 9.50 Å². The molecule has 7 nitrogen and oxygen atoms in total. The van der Waals surface area contributed by atoms with Crippen LogP contribution in [0.5, 0.6) is 0 Å². The van der Waals surface area contributed by atoms with Crippen LogP contribution in [-0.4, -0.2) is 52.2 Å². The van der Waals surface area contributed by atoms with Gasteiger partial charge in [0.05, 0.1) is 23.0 Å². The van der Waals surface area contributed by atoms with Crippen molar-refractivity contribution in [3.8, 4) is 11.3 Å². The van der Waals surface area contributed by atoms with Gasteiger partial charge < -0.3 is 9.64 Å². The summed E-state index contributed by atoms with van der Waals surface area (Å²) in [6, 6.07) is 8.40. The number of halogens is 2. The van der Waals surface area contributed by atoms with Crippen LogP contribution in [-0.2, 0) is 9.53 Å². The molecule has 3 heterocycles. The lowest BCUT2D eigenvalue weighted by molar-refractivity contribution is -0.128. The van der Waals surface area contributed by atoms with Crippen molar-refractivity contribution in [2.24, 2.45) is 0 Å². The van der Waals surface area contributed by atoms with E-state index in [1.54, 1.807) is 36.3 Å². The van der Waals surface area contributed by atoms with Crippen LogP contribution >= 0.6 is 23.2 Å². The number of carbonyl (C=O) groups excluding carboxylic acids is 1. The maximum atomic E-state index is 12.6. The molecule has 1 saturated heterocycles. The first-order chi connectivity index (χ1) is 13.5. The summed E-state index contributed by atoms with van der Waals surface area (Å²) < 4.78 is 6.41. The summed E-state index contributed by atoms with van der Waals surface area (Å²) in [5.74, 6) is -0.0636. The number of likely N-dealkylation sites (tertiary alicyclic amines) is 1. The van der Waals surface area contributed by atoms with Crippen molar-refractivity contribution in [2.75, 3.05) is 26.8 Å². The summed E-state index contributed by atoms with van der Waals surface area (Å²) in [7, 11) is 1.60. The smallest absolute Gasteiger partial charge is 0.272 e. The molecule has 9 heteroatoms. The molecule has 1 aromatic carbocycles. The van der Waals surface area contributed by atoms with Crippen LogP contribution in [0, 0.1) is 0 Å². The predicted octanol–water partition coefficient (Wildman–Crippen LogP) is 2.96. The minimum atomic E-state index is -0.237. The maximum Gasteiger partial charge on any atom is 0.272 e. The Hall–Kier alpha value is -2.35. The molecule has 0 radical (unpaired) electrons. The molecule has 0 bridgehead atoms. The second kappa shape index (κ2) is 7.58. The number of hydrogen-bond acceptors (Lipinski definition) is 4. The van der Waals surface area contributed by atoms with Crippen molar-refractivity contribution in [1.82, 2.24) is 19.5 Å². The number of hydrogen-bond donors (Lipinski definition) is 1. The number of aromatic nitrogens is 3. The van der Waals surface area contributed by atoms with E-state index in [2.05, 4.69) is 10.1 Å². The van der Waals surface area contributed by atoms with E-state index in [4.69, 9.17) is 27.9 Å². The van der Waals surface area contributed by atoms with Crippen LogP contribution in [0.4, 0.5) is 0 Å². The van der Waals surface area contributed by atoms with Crippen LogP contribution in [0.15, 0.2) is 35.1 Å². The van der Waals surface area contributed by atoms with E-state index < -0.39 is 0 Å². The normalized spacial score (nSPS) is 17.0. The molecule has 28 heavy (non-hydrogen) atoms. The van der Waals surface area contributed by atoms with Crippen molar-refractivity contribution in [3.05, 3.63) is 56.4 Å². The van der Waals surface area contributed by atoms with Gasteiger partial charge in [0.1, 0.15) is 0 Å². The number of amides is 1. The summed E-state index contributed by atoms with van der Waals surface area (Å²) in [4.78, 5) is 31.1. The third kappa shape index (κ3) is 3.53. The van der Waals surface area contributed by atoms with Crippen LogP contribution < -0.4 is 5.56 Å². The van der Waals surface area contributed by atoms with Crippen LogP contribution in [0.25, 0.3) is 16.9 Å². The van der Waals surface area contributed by atoms with E-state index in [0.717, 1.165) is 5.56 Å². The molecule has 1 unspecified atom stereocenters. The van der Waals surface area contributed by atoms with Crippen molar-refractivity contribution in [2.45, 2.75) is 12.3 Å². The minimum absolute atomic E-state index is 0.0479. The zero-order valence-corrected chi connectivity index (χ0v) is 16.6. The van der Waals surface area contributed by atoms with Crippen LogP contribution in [0.3, 0.4) is 0 Å². The number of aromatic amines is 1. The molecule has 2 aromatic heterocycles. The molecule has 1 amide bonds. The van der Waals surface area contributed by atoms with E-state index in [1.807, 2.05) is 0 Å². The maximum absolute atomic E-state index is 12.6. The van der Waals surface area contributed by atoms with E-state index >= 15 is 0 Å². The quantitative estimate of drug-likeness (QED) is 0.687. The number of carbonyl (C=O) groups is 1. The lowest BCUT2D eigenvalue weighted by Gasteiger charge is -2.15. The third-order valence-corrected chi connectivity index (χ3v) is 5.44. The van der Waals surface area contributed by atoms with E-state index in [0.29, 0.717) is 53.2 Å². The molecule has 1 aliphatic heterocycles. The standard InChI is InChI=1S/C19H18Cl2N4O3/c1-28-5-4-24-10-11(6-18(24)26)15-9-19(27)25-17(22-15)8-16(23-25)13-3-2-12(20)7-14(13)21/h2-3,7-9,11,23H,4-6,10H2,1H3. The summed E-state index contributed by atoms with van der Waals surface area (Å²) in [5.41, 5.74) is 2.24. The van der Waals surface area contributed by atoms with Gasteiger partial charge in [0.25, 0.3) is 5.56 Å². The molecule has 1 N–H and O–H groups in total. The summed E-state index contributed by atoms with van der Waals surface area (Å²) in [6.45, 7) is 1.55. The summed E-state index contributed by atoms with van der Waals surface area (Å²) >= 11 is 12.2. The number of nitrogens with one attached hydrogen (secondary N) is 1. The fourth-order valence-electron chi connectivity index (χ4n) is 3.45. The highest BCUT2D eigenvalue weighted by molar-refractivity contribution is 6.36. The number of benzene rings is 1. The van der Waals surface area contributed by atoms with E-state index in [9.17, 15) is 9.59 Å². The van der Waals surface area contributed by atoms with Gasteiger partial charge in [-0.3, -0.25) is 14.7 Å². The molecule has 4 rings (SSSR count). The van der Waals surface area contributed by atoms with Crippen LogP contribution in [0.1, 0.15) is 18.0 Å². The first-order valence-corrected chi connectivity index (χ1v) is 9.56. The number of rotatable bonds is 5. The zero-order chi connectivity index (χ0) is 19.8. The van der Waals surface area contributed by atoms with Gasteiger partial charge in [-0.05, 0) is 18.2 Å². The highest BCUT2D eigenvalue weighted by Gasteiger charge is 2.31. The lowest BCUT2D eigenvalue weighted by Crippen LogP contribution is -2.28. The van der Waals surface area contributed by atoms with Crippen molar-refractivity contribution < 1.29 is 9.53 Å². The Bertz CT molecular complexity index is 1110. The van der Waals surface area contributed by atoms with Gasteiger partial charge in [0, 0.05) is 55.3 Å². The minimum Gasteiger partial charge on any atom is -0.383 e. The number of methoxy groups -OCH3 is 1. The monoisotopic (exact) mass is 420 g/mol. The first-order valence-electron chi connectivity index (χ1n) is 8.81.